The molecule has 16 heavy (non-hydrogen) atoms. The molecular weight excluding hydrogens is 228 g/mol. The average molecular weight is 247 g/mol. The van der Waals surface area contributed by atoms with Crippen LogP contribution in [0.1, 0.15) is 20.8 Å². The number of nitrogens with zero attached hydrogens (tertiary/aromatic N) is 2. The van der Waals surface area contributed by atoms with E-state index in [1.807, 2.05) is 20.9 Å². The number of piperidine rings is 1. The van der Waals surface area contributed by atoms with Gasteiger partial charge in [0.1, 0.15) is 6.07 Å². The van der Waals surface area contributed by atoms with Gasteiger partial charge < -0.3 is 9.64 Å². The van der Waals surface area contributed by atoms with Crippen molar-refractivity contribution in [3.8, 4) is 6.07 Å². The third-order valence-electron chi connectivity index (χ3n) is 3.12. The van der Waals surface area contributed by atoms with Crippen LogP contribution in [0.2, 0.25) is 0 Å². The maximum absolute atomic E-state index is 11.1. The molecule has 1 aliphatic rings. The maximum atomic E-state index is 11.1. The average Bonchev–Trinajstić information content (AvgIpc) is 2.11. The summed E-state index contributed by atoms with van der Waals surface area (Å²) >= 11 is 0. The van der Waals surface area contributed by atoms with E-state index in [1.165, 1.54) is 6.92 Å². The predicted octanol–water partition coefficient (Wildman–Crippen LogP) is 1.45. The summed E-state index contributed by atoms with van der Waals surface area (Å²) in [6, 6.07) is 2.20. The molecule has 0 aromatic carbocycles. The molecule has 0 N–H and O–H groups in total. The van der Waals surface area contributed by atoms with Crippen molar-refractivity contribution < 1.29 is 9.53 Å². The Hall–Kier alpha value is -0.790. The van der Waals surface area contributed by atoms with Crippen molar-refractivity contribution in [3.05, 3.63) is 0 Å². The number of carbonyl (C=O) groups excluding carboxylic acids is 1. The number of hydrogen-bond acceptors (Lipinski definition) is 4. The lowest BCUT2D eigenvalue weighted by Gasteiger charge is -2.44. The molecule has 4 nitrogen and oxygen atoms in total. The Balaban J connectivity index is 0.00000225. The van der Waals surface area contributed by atoms with Crippen LogP contribution < -0.4 is 0 Å². The molecule has 92 valence electrons. The van der Waals surface area contributed by atoms with Crippen molar-refractivity contribution in [1.82, 2.24) is 4.90 Å². The van der Waals surface area contributed by atoms with Crippen LogP contribution in [0.4, 0.5) is 0 Å². The molecule has 0 saturated carbocycles. The number of halogens is 1. The number of rotatable bonds is 1. The topological polar surface area (TPSA) is 53.3 Å². The molecule has 0 bridgehead atoms. The Morgan fingerprint density at radius 2 is 1.88 bits per heavy atom. The fourth-order valence-corrected chi connectivity index (χ4v) is 2.45. The standard InChI is InChI=1S/C11H18N2O2.ClH/c1-8-5-13(4)6-9(2)11(8,7-12)15-10(3)14;/h8-9H,5-6H2,1-4H3;1H. The van der Waals surface area contributed by atoms with Gasteiger partial charge in [0.2, 0.25) is 5.60 Å². The van der Waals surface area contributed by atoms with E-state index in [4.69, 9.17) is 4.74 Å². The van der Waals surface area contributed by atoms with E-state index in [0.717, 1.165) is 13.1 Å². The molecule has 1 rings (SSSR count). The van der Waals surface area contributed by atoms with E-state index in [0.29, 0.717) is 0 Å². The van der Waals surface area contributed by atoms with Crippen LogP contribution in [0.3, 0.4) is 0 Å². The molecule has 2 unspecified atom stereocenters. The smallest absolute Gasteiger partial charge is 0.304 e. The highest BCUT2D eigenvalue weighted by Gasteiger charge is 2.48. The number of carbonyl (C=O) groups is 1. The number of hydrogen-bond donors (Lipinski definition) is 0. The summed E-state index contributed by atoms with van der Waals surface area (Å²) in [5, 5.41) is 9.27. The van der Waals surface area contributed by atoms with Gasteiger partial charge >= 0.3 is 5.97 Å². The minimum Gasteiger partial charge on any atom is -0.443 e. The van der Waals surface area contributed by atoms with Crippen molar-refractivity contribution in [1.29, 1.82) is 5.26 Å². The van der Waals surface area contributed by atoms with E-state index in [1.54, 1.807) is 0 Å². The van der Waals surface area contributed by atoms with E-state index in [9.17, 15) is 10.1 Å². The van der Waals surface area contributed by atoms with Crippen LogP contribution in [-0.2, 0) is 9.53 Å². The van der Waals surface area contributed by atoms with Gasteiger partial charge in [0.05, 0.1) is 0 Å². The Kier molecular flexibility index (Phi) is 5.24. The first-order valence-corrected chi connectivity index (χ1v) is 5.21. The summed E-state index contributed by atoms with van der Waals surface area (Å²) < 4.78 is 5.27. The second-order valence-electron chi connectivity index (χ2n) is 4.52. The first-order valence-electron chi connectivity index (χ1n) is 5.21. The Bertz CT molecular complexity index is 289. The molecule has 0 aromatic heterocycles. The second kappa shape index (κ2) is 5.51. The number of likely N-dealkylation sites (tertiary alicyclic amines) is 1. The summed E-state index contributed by atoms with van der Waals surface area (Å²) in [5.74, 6) is -0.292. The Morgan fingerprint density at radius 3 is 2.19 bits per heavy atom. The monoisotopic (exact) mass is 246 g/mol. The van der Waals surface area contributed by atoms with Gasteiger partial charge in [-0.05, 0) is 7.05 Å². The van der Waals surface area contributed by atoms with Gasteiger partial charge in [0.15, 0.2) is 0 Å². The van der Waals surface area contributed by atoms with Gasteiger partial charge in [-0.3, -0.25) is 4.79 Å². The van der Waals surface area contributed by atoms with Crippen LogP contribution >= 0.6 is 12.4 Å². The molecule has 2 atom stereocenters. The zero-order valence-electron chi connectivity index (χ0n) is 10.2. The van der Waals surface area contributed by atoms with Gasteiger partial charge in [-0.1, -0.05) is 13.8 Å². The molecule has 0 aromatic rings. The first kappa shape index (κ1) is 15.2. The molecular formula is C11H19ClN2O2. The maximum Gasteiger partial charge on any atom is 0.304 e. The van der Waals surface area contributed by atoms with Crippen molar-refractivity contribution in [2.75, 3.05) is 20.1 Å². The third-order valence-corrected chi connectivity index (χ3v) is 3.12. The molecule has 0 spiro atoms. The van der Waals surface area contributed by atoms with E-state index in [-0.39, 0.29) is 30.2 Å². The minimum absolute atomic E-state index is 0. The first-order chi connectivity index (χ1) is 6.92. The Labute approximate surface area is 103 Å². The lowest BCUT2D eigenvalue weighted by molar-refractivity contribution is -0.167. The predicted molar refractivity (Wildman–Crippen MR) is 63.2 cm³/mol. The summed E-state index contributed by atoms with van der Waals surface area (Å²) in [4.78, 5) is 13.2. The molecule has 5 heteroatoms. The minimum atomic E-state index is -0.946. The van der Waals surface area contributed by atoms with Crippen LogP contribution in [0.25, 0.3) is 0 Å². The Morgan fingerprint density at radius 1 is 1.44 bits per heavy atom. The summed E-state index contributed by atoms with van der Waals surface area (Å²) in [6.45, 7) is 6.84. The molecule has 0 radical (unpaired) electrons. The van der Waals surface area contributed by atoms with Crippen LogP contribution in [0.5, 0.6) is 0 Å². The summed E-state index contributed by atoms with van der Waals surface area (Å²) in [5.41, 5.74) is -0.946. The largest absolute Gasteiger partial charge is 0.443 e. The fourth-order valence-electron chi connectivity index (χ4n) is 2.45. The highest BCUT2D eigenvalue weighted by molar-refractivity contribution is 5.85. The van der Waals surface area contributed by atoms with Crippen LogP contribution in [-0.4, -0.2) is 36.6 Å². The van der Waals surface area contributed by atoms with Crippen molar-refractivity contribution in [2.45, 2.75) is 26.4 Å². The molecule has 1 saturated heterocycles. The molecule has 0 aliphatic carbocycles. The van der Waals surface area contributed by atoms with E-state index in [2.05, 4.69) is 11.0 Å². The van der Waals surface area contributed by atoms with Crippen molar-refractivity contribution in [2.24, 2.45) is 11.8 Å². The van der Waals surface area contributed by atoms with Gasteiger partial charge in [-0.2, -0.15) is 5.26 Å². The quantitative estimate of drug-likeness (QED) is 0.658. The van der Waals surface area contributed by atoms with Gasteiger partial charge in [-0.25, -0.2) is 0 Å². The van der Waals surface area contributed by atoms with Gasteiger partial charge in [0.25, 0.3) is 0 Å². The van der Waals surface area contributed by atoms with Gasteiger partial charge in [-0.15, -0.1) is 12.4 Å². The fraction of sp³-hybridized carbons (Fsp3) is 0.818. The van der Waals surface area contributed by atoms with Crippen molar-refractivity contribution >= 4 is 18.4 Å². The summed E-state index contributed by atoms with van der Waals surface area (Å²) in [6.07, 6.45) is 0. The lowest BCUT2D eigenvalue weighted by atomic mass is 9.76. The van der Waals surface area contributed by atoms with Gasteiger partial charge in [0, 0.05) is 31.8 Å². The molecule has 0 amide bonds. The van der Waals surface area contributed by atoms with Crippen molar-refractivity contribution in [3.63, 3.8) is 0 Å². The summed E-state index contributed by atoms with van der Waals surface area (Å²) in [7, 11) is 2.02. The van der Waals surface area contributed by atoms with Crippen LogP contribution in [0.15, 0.2) is 0 Å². The molecule has 1 heterocycles. The van der Waals surface area contributed by atoms with E-state index >= 15 is 0 Å². The third kappa shape index (κ3) is 2.66. The van der Waals surface area contributed by atoms with Crippen LogP contribution in [0, 0.1) is 23.2 Å². The number of ether oxygens (including phenoxy) is 1. The molecule has 1 aliphatic heterocycles. The zero-order valence-corrected chi connectivity index (χ0v) is 11.0. The normalized spacial score (nSPS) is 34.7. The highest BCUT2D eigenvalue weighted by atomic mass is 35.5. The second-order valence-corrected chi connectivity index (χ2v) is 4.52. The highest BCUT2D eigenvalue weighted by Crippen LogP contribution is 2.35. The number of nitriles is 1. The number of esters is 1. The zero-order chi connectivity index (χ0) is 11.6. The molecule has 1 fully saturated rings. The van der Waals surface area contributed by atoms with E-state index < -0.39 is 5.60 Å². The lowest BCUT2D eigenvalue weighted by Crippen LogP contribution is -2.56. The SMILES string of the molecule is CC(=O)OC1(C#N)C(C)CN(C)CC1C.Cl.